The number of nitrogens with one attached hydrogen (secondary N) is 2. The molecule has 0 fully saturated rings. The quantitative estimate of drug-likeness (QED) is 0.307. The Labute approximate surface area is 139 Å². The Morgan fingerprint density at radius 1 is 1.17 bits per heavy atom. The molecule has 0 aliphatic heterocycles. The van der Waals surface area contributed by atoms with Crippen molar-refractivity contribution in [3.8, 4) is 0 Å². The minimum atomic E-state index is 0.243. The highest BCUT2D eigenvalue weighted by molar-refractivity contribution is 5.79. The number of guanidine groups is 1. The fraction of sp³-hybridized carbons (Fsp3) is 0.812. The molecule has 1 heterocycles. The van der Waals surface area contributed by atoms with E-state index in [1.165, 1.54) is 0 Å². The highest BCUT2D eigenvalue weighted by Gasteiger charge is 2.07. The normalized spacial score (nSPS) is 13.1. The average molecular weight is 324 g/mol. The van der Waals surface area contributed by atoms with E-state index in [1.54, 1.807) is 12.7 Å². The summed E-state index contributed by atoms with van der Waals surface area (Å²) in [4.78, 5) is 4.66. The Morgan fingerprint density at radius 2 is 1.96 bits per heavy atom. The largest absolute Gasteiger partial charge is 0.396 e. The van der Waals surface area contributed by atoms with Crippen LogP contribution in [0.3, 0.4) is 0 Å². The molecule has 3 N–H and O–H groups in total. The highest BCUT2D eigenvalue weighted by Crippen LogP contribution is 2.10. The van der Waals surface area contributed by atoms with Crippen molar-refractivity contribution in [1.29, 1.82) is 0 Å². The number of aliphatic hydroxyl groups is 1. The van der Waals surface area contributed by atoms with Crippen LogP contribution in [-0.4, -0.2) is 52.1 Å². The third kappa shape index (κ3) is 9.18. The van der Waals surface area contributed by atoms with Gasteiger partial charge < -0.3 is 20.3 Å². The van der Waals surface area contributed by atoms with Gasteiger partial charge in [-0.1, -0.05) is 13.3 Å². The minimum absolute atomic E-state index is 0.243. The predicted molar refractivity (Wildman–Crippen MR) is 93.3 cm³/mol. The molecule has 0 aromatic carbocycles. The molecule has 1 unspecified atom stereocenters. The van der Waals surface area contributed by atoms with Gasteiger partial charge in [0.1, 0.15) is 12.7 Å². The maximum absolute atomic E-state index is 9.12. The molecule has 0 aliphatic rings. The maximum atomic E-state index is 9.12. The number of rotatable bonds is 12. The Morgan fingerprint density at radius 3 is 2.61 bits per heavy atom. The molecule has 1 aromatic rings. The number of hydrogen-bond donors (Lipinski definition) is 3. The number of aryl methyl sites for hydroxylation is 1. The Bertz CT molecular complexity index is 401. The number of unbranched alkanes of at least 4 members (excludes halogenated alkanes) is 1. The molecule has 7 heteroatoms. The predicted octanol–water partition coefficient (Wildman–Crippen LogP) is 1.41. The summed E-state index contributed by atoms with van der Waals surface area (Å²) in [6.45, 7) is 7.94. The molecule has 132 valence electrons. The molecule has 0 spiro atoms. The van der Waals surface area contributed by atoms with E-state index in [0.29, 0.717) is 5.92 Å². The molecule has 0 bridgehead atoms. The van der Waals surface area contributed by atoms with Crippen molar-refractivity contribution in [2.24, 2.45) is 10.9 Å². The van der Waals surface area contributed by atoms with Crippen LogP contribution in [0.2, 0.25) is 0 Å². The Balaban J connectivity index is 2.27. The van der Waals surface area contributed by atoms with Gasteiger partial charge in [0, 0.05) is 32.8 Å². The van der Waals surface area contributed by atoms with Gasteiger partial charge in [-0.15, -0.1) is 10.2 Å². The van der Waals surface area contributed by atoms with Crippen LogP contribution in [0.5, 0.6) is 0 Å². The fourth-order valence-corrected chi connectivity index (χ4v) is 2.44. The lowest BCUT2D eigenvalue weighted by atomic mass is 10.0. The third-order valence-corrected chi connectivity index (χ3v) is 3.69. The monoisotopic (exact) mass is 324 g/mol. The second-order valence-corrected chi connectivity index (χ2v) is 5.72. The zero-order chi connectivity index (χ0) is 16.8. The number of aliphatic imine (C=N–C) groups is 1. The van der Waals surface area contributed by atoms with E-state index in [0.717, 1.165) is 64.2 Å². The standard InChI is InChI=1S/C16H32N6O/c1-3-7-15(8-11-23)12-19-16(17-4-2)18-9-5-6-10-22-13-20-21-14-22/h13-15,23H,3-12H2,1-2H3,(H2,17,18,19). The van der Waals surface area contributed by atoms with Crippen LogP contribution < -0.4 is 10.6 Å². The van der Waals surface area contributed by atoms with Crippen molar-refractivity contribution in [3.05, 3.63) is 12.7 Å². The van der Waals surface area contributed by atoms with Crippen molar-refractivity contribution in [2.75, 3.05) is 26.2 Å². The highest BCUT2D eigenvalue weighted by atomic mass is 16.3. The first-order valence-electron chi connectivity index (χ1n) is 8.75. The molecule has 0 saturated carbocycles. The van der Waals surface area contributed by atoms with Crippen molar-refractivity contribution in [1.82, 2.24) is 25.4 Å². The van der Waals surface area contributed by atoms with Crippen molar-refractivity contribution in [2.45, 2.75) is 52.5 Å². The van der Waals surface area contributed by atoms with Gasteiger partial charge in [0.15, 0.2) is 5.96 Å². The van der Waals surface area contributed by atoms with Crippen molar-refractivity contribution >= 4 is 5.96 Å². The van der Waals surface area contributed by atoms with E-state index in [-0.39, 0.29) is 6.61 Å². The van der Waals surface area contributed by atoms with Gasteiger partial charge in [-0.2, -0.15) is 0 Å². The van der Waals surface area contributed by atoms with E-state index in [9.17, 15) is 0 Å². The van der Waals surface area contributed by atoms with Gasteiger partial charge in [-0.3, -0.25) is 4.99 Å². The van der Waals surface area contributed by atoms with E-state index in [1.807, 2.05) is 4.57 Å². The van der Waals surface area contributed by atoms with E-state index >= 15 is 0 Å². The van der Waals surface area contributed by atoms with Gasteiger partial charge in [-0.05, 0) is 38.5 Å². The minimum Gasteiger partial charge on any atom is -0.396 e. The summed E-state index contributed by atoms with van der Waals surface area (Å²) >= 11 is 0. The third-order valence-electron chi connectivity index (χ3n) is 3.69. The average Bonchev–Trinajstić information content (AvgIpc) is 3.05. The van der Waals surface area contributed by atoms with Gasteiger partial charge in [-0.25, -0.2) is 0 Å². The molecule has 0 saturated heterocycles. The molecule has 0 amide bonds. The lowest BCUT2D eigenvalue weighted by molar-refractivity contribution is 0.253. The second-order valence-electron chi connectivity index (χ2n) is 5.72. The van der Waals surface area contributed by atoms with Gasteiger partial charge >= 0.3 is 0 Å². The lowest BCUT2D eigenvalue weighted by Gasteiger charge is -2.15. The van der Waals surface area contributed by atoms with E-state index in [2.05, 4.69) is 39.7 Å². The summed E-state index contributed by atoms with van der Waals surface area (Å²) < 4.78 is 1.99. The van der Waals surface area contributed by atoms with E-state index < -0.39 is 0 Å². The van der Waals surface area contributed by atoms with E-state index in [4.69, 9.17) is 5.11 Å². The molecule has 0 aliphatic carbocycles. The first-order valence-corrected chi connectivity index (χ1v) is 8.75. The lowest BCUT2D eigenvalue weighted by Crippen LogP contribution is -2.38. The summed E-state index contributed by atoms with van der Waals surface area (Å²) in [5.41, 5.74) is 0. The molecule has 1 aromatic heterocycles. The summed E-state index contributed by atoms with van der Waals surface area (Å²) in [7, 11) is 0. The second kappa shape index (κ2) is 12.9. The first-order chi connectivity index (χ1) is 11.3. The Kier molecular flexibility index (Phi) is 10.9. The molecular weight excluding hydrogens is 292 g/mol. The summed E-state index contributed by atoms with van der Waals surface area (Å²) in [6.07, 6.45) is 8.71. The van der Waals surface area contributed by atoms with Crippen LogP contribution in [0, 0.1) is 5.92 Å². The van der Waals surface area contributed by atoms with Crippen molar-refractivity contribution in [3.63, 3.8) is 0 Å². The molecule has 0 radical (unpaired) electrons. The smallest absolute Gasteiger partial charge is 0.191 e. The molecular formula is C16H32N6O. The zero-order valence-electron chi connectivity index (χ0n) is 14.5. The molecule has 7 nitrogen and oxygen atoms in total. The number of aromatic nitrogens is 3. The van der Waals surface area contributed by atoms with Gasteiger partial charge in [0.2, 0.25) is 0 Å². The van der Waals surface area contributed by atoms with Crippen LogP contribution in [0.25, 0.3) is 0 Å². The van der Waals surface area contributed by atoms with Gasteiger partial charge in [0.25, 0.3) is 0 Å². The molecule has 1 atom stereocenters. The maximum Gasteiger partial charge on any atom is 0.191 e. The fourth-order valence-electron chi connectivity index (χ4n) is 2.44. The number of aliphatic hydroxyl groups excluding tert-OH is 1. The van der Waals surface area contributed by atoms with Crippen LogP contribution in [-0.2, 0) is 6.54 Å². The molecule has 23 heavy (non-hydrogen) atoms. The summed E-state index contributed by atoms with van der Waals surface area (Å²) in [6, 6.07) is 0. The van der Waals surface area contributed by atoms with Gasteiger partial charge in [0.05, 0.1) is 0 Å². The number of nitrogens with zero attached hydrogens (tertiary/aromatic N) is 4. The first kappa shape index (κ1) is 19.4. The SMILES string of the molecule is CCCC(CCO)CN=C(NCC)NCCCCn1cnnc1. The summed E-state index contributed by atoms with van der Waals surface area (Å²) in [5, 5.41) is 23.4. The van der Waals surface area contributed by atoms with Crippen LogP contribution in [0.15, 0.2) is 17.6 Å². The molecule has 1 rings (SSSR count). The number of hydrogen-bond acceptors (Lipinski definition) is 4. The van der Waals surface area contributed by atoms with Crippen LogP contribution >= 0.6 is 0 Å². The van der Waals surface area contributed by atoms with Crippen LogP contribution in [0.4, 0.5) is 0 Å². The topological polar surface area (TPSA) is 87.4 Å². The zero-order valence-corrected chi connectivity index (χ0v) is 14.5. The Hall–Kier alpha value is -1.63. The summed E-state index contributed by atoms with van der Waals surface area (Å²) in [5.74, 6) is 1.34. The van der Waals surface area contributed by atoms with Crippen molar-refractivity contribution < 1.29 is 5.11 Å². The van der Waals surface area contributed by atoms with Crippen LogP contribution in [0.1, 0.15) is 46.0 Å².